The zero-order chi connectivity index (χ0) is 24.9. The fourth-order valence-electron chi connectivity index (χ4n) is 3.35. The SMILES string of the molecule is COc1cc(/C=C2/SC(=S)N(c3ccccc3)C2=O)cc(I)c1OCC(=O)Nc1ccc(C)cc1. The summed E-state index contributed by atoms with van der Waals surface area (Å²) < 4.78 is 12.5. The van der Waals surface area contributed by atoms with Crippen LogP contribution in [0.5, 0.6) is 11.5 Å². The van der Waals surface area contributed by atoms with E-state index in [1.807, 2.05) is 67.6 Å². The number of carbonyl (C=O) groups excluding carboxylic acids is 2. The van der Waals surface area contributed by atoms with Crippen LogP contribution < -0.4 is 19.7 Å². The van der Waals surface area contributed by atoms with Crippen LogP contribution in [0.4, 0.5) is 11.4 Å². The van der Waals surface area contributed by atoms with Crippen molar-refractivity contribution >= 4 is 80.2 Å². The fraction of sp³-hybridized carbons (Fsp3) is 0.115. The van der Waals surface area contributed by atoms with Gasteiger partial charge in [0.15, 0.2) is 22.4 Å². The first-order valence-corrected chi connectivity index (χ1v) is 12.9. The summed E-state index contributed by atoms with van der Waals surface area (Å²) in [5.41, 5.74) is 3.31. The summed E-state index contributed by atoms with van der Waals surface area (Å²) in [6.45, 7) is 1.81. The van der Waals surface area contributed by atoms with Gasteiger partial charge in [0.25, 0.3) is 11.8 Å². The first-order valence-electron chi connectivity index (χ1n) is 10.6. The number of carbonyl (C=O) groups is 2. The van der Waals surface area contributed by atoms with Crippen molar-refractivity contribution in [3.63, 3.8) is 0 Å². The number of rotatable bonds is 7. The number of hydrogen-bond acceptors (Lipinski definition) is 6. The molecule has 1 heterocycles. The van der Waals surface area contributed by atoms with E-state index < -0.39 is 0 Å². The molecule has 0 saturated carbocycles. The number of amides is 2. The highest BCUT2D eigenvalue weighted by Gasteiger charge is 2.33. The molecule has 0 aromatic heterocycles. The molecule has 35 heavy (non-hydrogen) atoms. The van der Waals surface area contributed by atoms with Crippen LogP contribution in [0.25, 0.3) is 6.08 Å². The van der Waals surface area contributed by atoms with Gasteiger partial charge >= 0.3 is 0 Å². The van der Waals surface area contributed by atoms with E-state index in [0.717, 1.165) is 20.4 Å². The lowest BCUT2D eigenvalue weighted by molar-refractivity contribution is -0.118. The number of para-hydroxylation sites is 1. The minimum Gasteiger partial charge on any atom is -0.493 e. The van der Waals surface area contributed by atoms with E-state index in [2.05, 4.69) is 27.9 Å². The number of thioether (sulfide) groups is 1. The smallest absolute Gasteiger partial charge is 0.270 e. The predicted molar refractivity (Wildman–Crippen MR) is 153 cm³/mol. The number of ether oxygens (including phenoxy) is 2. The Morgan fingerprint density at radius 1 is 1.14 bits per heavy atom. The zero-order valence-corrected chi connectivity index (χ0v) is 22.7. The van der Waals surface area contributed by atoms with Crippen molar-refractivity contribution in [1.29, 1.82) is 0 Å². The van der Waals surface area contributed by atoms with Gasteiger partial charge < -0.3 is 14.8 Å². The lowest BCUT2D eigenvalue weighted by atomic mass is 10.1. The highest BCUT2D eigenvalue weighted by Crippen LogP contribution is 2.38. The molecule has 0 aliphatic carbocycles. The van der Waals surface area contributed by atoms with E-state index in [1.165, 1.54) is 23.8 Å². The number of aryl methyl sites for hydroxylation is 1. The number of methoxy groups -OCH3 is 1. The molecular formula is C26H21IN2O4S2. The predicted octanol–water partition coefficient (Wildman–Crippen LogP) is 6.03. The average Bonchev–Trinajstić information content (AvgIpc) is 3.12. The molecule has 0 radical (unpaired) electrons. The molecule has 9 heteroatoms. The number of halogens is 1. The Kier molecular flexibility index (Phi) is 8.09. The molecule has 1 aliphatic heterocycles. The molecular weight excluding hydrogens is 595 g/mol. The molecule has 0 atom stereocenters. The van der Waals surface area contributed by atoms with Crippen LogP contribution in [0.15, 0.2) is 71.6 Å². The number of thiocarbonyl (C=S) groups is 1. The third-order valence-electron chi connectivity index (χ3n) is 5.04. The zero-order valence-electron chi connectivity index (χ0n) is 18.9. The highest BCUT2D eigenvalue weighted by molar-refractivity contribution is 14.1. The number of hydrogen-bond donors (Lipinski definition) is 1. The summed E-state index contributed by atoms with van der Waals surface area (Å²) in [4.78, 5) is 27.4. The van der Waals surface area contributed by atoms with Gasteiger partial charge in [0, 0.05) is 5.69 Å². The lowest BCUT2D eigenvalue weighted by Crippen LogP contribution is -2.27. The molecule has 6 nitrogen and oxygen atoms in total. The normalized spacial score (nSPS) is 14.4. The van der Waals surface area contributed by atoms with Gasteiger partial charge in [0.1, 0.15) is 0 Å². The average molecular weight is 617 g/mol. The number of anilines is 2. The van der Waals surface area contributed by atoms with Gasteiger partial charge in [-0.15, -0.1) is 0 Å². The number of benzene rings is 3. The molecule has 3 aromatic rings. The van der Waals surface area contributed by atoms with Gasteiger partial charge in [-0.1, -0.05) is 59.9 Å². The van der Waals surface area contributed by atoms with Crippen molar-refractivity contribution in [2.75, 3.05) is 23.9 Å². The molecule has 0 unspecified atom stereocenters. The summed E-state index contributed by atoms with van der Waals surface area (Å²) >= 11 is 8.82. The minimum atomic E-state index is -0.277. The molecule has 1 aliphatic rings. The maximum atomic E-state index is 13.0. The van der Waals surface area contributed by atoms with E-state index in [-0.39, 0.29) is 18.4 Å². The molecule has 1 saturated heterocycles. The largest absolute Gasteiger partial charge is 0.493 e. The molecule has 3 aromatic carbocycles. The summed E-state index contributed by atoms with van der Waals surface area (Å²) in [6.07, 6.45) is 1.78. The van der Waals surface area contributed by atoms with E-state index in [4.69, 9.17) is 21.7 Å². The topological polar surface area (TPSA) is 67.9 Å². The summed E-state index contributed by atoms with van der Waals surface area (Å²) in [6, 6.07) is 20.5. The first-order chi connectivity index (χ1) is 16.9. The molecule has 178 valence electrons. The van der Waals surface area contributed by atoms with Crippen LogP contribution in [0.3, 0.4) is 0 Å². The van der Waals surface area contributed by atoms with Gasteiger partial charge in [-0.05, 0) is 77.6 Å². The first kappa shape index (κ1) is 25.2. The van der Waals surface area contributed by atoms with E-state index in [0.29, 0.717) is 26.4 Å². The van der Waals surface area contributed by atoms with Gasteiger partial charge in [-0.3, -0.25) is 14.5 Å². The van der Waals surface area contributed by atoms with Crippen molar-refractivity contribution in [3.8, 4) is 11.5 Å². The summed E-state index contributed by atoms with van der Waals surface area (Å²) in [5.74, 6) is 0.472. The summed E-state index contributed by atoms with van der Waals surface area (Å²) in [5, 5.41) is 2.81. The Balaban J connectivity index is 1.49. The standard InChI is InChI=1S/C26H21IN2O4S2/c1-16-8-10-18(11-9-16)28-23(30)15-33-24-20(27)12-17(13-21(24)32-2)14-22-25(31)29(26(34)35-22)19-6-4-3-5-7-19/h3-14H,15H2,1-2H3,(H,28,30)/b22-14+. The van der Waals surface area contributed by atoms with Crippen molar-refractivity contribution in [3.05, 3.63) is 86.3 Å². The maximum absolute atomic E-state index is 13.0. The fourth-order valence-corrected chi connectivity index (χ4v) is 5.43. The molecule has 0 bridgehead atoms. The van der Waals surface area contributed by atoms with Crippen LogP contribution in [0.2, 0.25) is 0 Å². The molecule has 2 amide bonds. The Morgan fingerprint density at radius 2 is 1.86 bits per heavy atom. The molecule has 4 rings (SSSR count). The molecule has 0 spiro atoms. The van der Waals surface area contributed by atoms with Crippen molar-refractivity contribution in [1.82, 2.24) is 0 Å². The lowest BCUT2D eigenvalue weighted by Gasteiger charge is -2.14. The van der Waals surface area contributed by atoms with E-state index >= 15 is 0 Å². The third-order valence-corrected chi connectivity index (χ3v) is 7.14. The van der Waals surface area contributed by atoms with Gasteiger partial charge in [0.2, 0.25) is 0 Å². The van der Waals surface area contributed by atoms with Crippen LogP contribution in [-0.2, 0) is 9.59 Å². The molecule has 1 fully saturated rings. The van der Waals surface area contributed by atoms with Crippen molar-refractivity contribution in [2.45, 2.75) is 6.92 Å². The van der Waals surface area contributed by atoms with E-state index in [1.54, 1.807) is 12.1 Å². The Bertz CT molecular complexity index is 1310. The van der Waals surface area contributed by atoms with Crippen molar-refractivity contribution in [2.24, 2.45) is 0 Å². The van der Waals surface area contributed by atoms with Crippen LogP contribution in [-0.4, -0.2) is 29.9 Å². The Hall–Kier alpha value is -2.89. The second-order valence-corrected chi connectivity index (χ2v) is 10.4. The Morgan fingerprint density at radius 3 is 2.54 bits per heavy atom. The van der Waals surface area contributed by atoms with Crippen LogP contribution in [0, 0.1) is 10.5 Å². The Labute approximate surface area is 226 Å². The van der Waals surface area contributed by atoms with Crippen LogP contribution in [0.1, 0.15) is 11.1 Å². The van der Waals surface area contributed by atoms with Gasteiger partial charge in [-0.2, -0.15) is 0 Å². The molecule has 1 N–H and O–H groups in total. The third kappa shape index (κ3) is 6.03. The number of nitrogens with one attached hydrogen (secondary N) is 1. The van der Waals surface area contributed by atoms with Crippen LogP contribution >= 0.6 is 46.6 Å². The summed E-state index contributed by atoms with van der Waals surface area (Å²) in [7, 11) is 1.53. The second kappa shape index (κ2) is 11.2. The monoisotopic (exact) mass is 616 g/mol. The maximum Gasteiger partial charge on any atom is 0.270 e. The van der Waals surface area contributed by atoms with E-state index in [9.17, 15) is 9.59 Å². The van der Waals surface area contributed by atoms with Crippen molar-refractivity contribution < 1.29 is 19.1 Å². The second-order valence-electron chi connectivity index (χ2n) is 7.59. The quantitative estimate of drug-likeness (QED) is 0.199. The van der Waals surface area contributed by atoms with Gasteiger partial charge in [0.05, 0.1) is 21.3 Å². The highest BCUT2D eigenvalue weighted by atomic mass is 127. The number of nitrogens with zero attached hydrogens (tertiary/aromatic N) is 1. The van der Waals surface area contributed by atoms with Gasteiger partial charge in [-0.25, -0.2) is 0 Å². The minimum absolute atomic E-state index is 0.171.